The number of benzene rings is 2. The highest BCUT2D eigenvalue weighted by Gasteiger charge is 2.32. The Bertz CT molecular complexity index is 780. The van der Waals surface area contributed by atoms with Gasteiger partial charge in [-0.3, -0.25) is 0 Å². The summed E-state index contributed by atoms with van der Waals surface area (Å²) in [5, 5.41) is 16.8. The van der Waals surface area contributed by atoms with Gasteiger partial charge in [-0.15, -0.1) is 13.2 Å². The van der Waals surface area contributed by atoms with E-state index in [1.165, 1.54) is 18.2 Å². The third-order valence-corrected chi connectivity index (χ3v) is 4.73. The van der Waals surface area contributed by atoms with Crippen LogP contribution in [0, 0.1) is 0 Å². The molecule has 1 heterocycles. The first kappa shape index (κ1) is 19.8. The molecule has 3 rings (SSSR count). The molecule has 0 bridgehead atoms. The number of para-hydroxylation sites is 1. The van der Waals surface area contributed by atoms with E-state index in [1.807, 2.05) is 0 Å². The fourth-order valence-corrected chi connectivity index (χ4v) is 3.43. The zero-order valence-corrected chi connectivity index (χ0v) is 15.1. The molecule has 2 atom stereocenters. The largest absolute Gasteiger partial charge is 0.573 e. The number of aliphatic hydroxyl groups excluding tert-OH is 1. The Hall–Kier alpha value is -1.96. The van der Waals surface area contributed by atoms with Crippen LogP contribution in [0.4, 0.5) is 18.9 Å². The lowest BCUT2D eigenvalue weighted by Gasteiger charge is -2.29. The number of hydrogen-bond donors (Lipinski definition) is 3. The number of alkyl halides is 3. The second-order valence-electron chi connectivity index (χ2n) is 6.38. The van der Waals surface area contributed by atoms with Gasteiger partial charge in [0.05, 0.1) is 11.1 Å². The van der Waals surface area contributed by atoms with Crippen molar-refractivity contribution in [2.75, 3.05) is 11.9 Å². The van der Waals surface area contributed by atoms with Gasteiger partial charge in [0, 0.05) is 16.8 Å². The first-order valence-electron chi connectivity index (χ1n) is 8.66. The lowest BCUT2D eigenvalue weighted by molar-refractivity contribution is -0.274. The van der Waals surface area contributed by atoms with Crippen molar-refractivity contribution in [3.8, 4) is 16.9 Å². The number of rotatable bonds is 5. The Balaban J connectivity index is 1.79. The molecule has 2 aromatic carbocycles. The molecule has 146 valence electrons. The number of anilines is 1. The predicted molar refractivity (Wildman–Crippen MR) is 98.8 cm³/mol. The Morgan fingerprint density at radius 1 is 1.15 bits per heavy atom. The van der Waals surface area contributed by atoms with Gasteiger partial charge in [0.2, 0.25) is 0 Å². The minimum absolute atomic E-state index is 0.0573. The number of nitrogens with one attached hydrogen (secondary N) is 2. The first-order chi connectivity index (χ1) is 12.8. The molecule has 4 nitrogen and oxygen atoms in total. The molecule has 0 amide bonds. The minimum Gasteiger partial charge on any atom is -0.405 e. The van der Waals surface area contributed by atoms with Crippen molar-refractivity contribution in [1.82, 2.24) is 5.32 Å². The molecular formula is C19H20ClF3N2O2. The van der Waals surface area contributed by atoms with E-state index in [-0.39, 0.29) is 22.4 Å². The molecule has 0 saturated carbocycles. The summed E-state index contributed by atoms with van der Waals surface area (Å²) in [5.41, 5.74) is 1.23. The predicted octanol–water partition coefficient (Wildman–Crippen LogP) is 4.78. The molecule has 1 unspecified atom stereocenters. The highest BCUT2D eigenvalue weighted by atomic mass is 35.5. The molecule has 1 aliphatic rings. The van der Waals surface area contributed by atoms with Crippen LogP contribution in [0.3, 0.4) is 0 Å². The van der Waals surface area contributed by atoms with E-state index in [1.54, 1.807) is 24.3 Å². The summed E-state index contributed by atoms with van der Waals surface area (Å²) in [4.78, 5) is 0. The molecule has 3 N–H and O–H groups in total. The highest BCUT2D eigenvalue weighted by Crippen LogP contribution is 2.38. The third-order valence-electron chi connectivity index (χ3n) is 4.42. The molecule has 2 aromatic rings. The van der Waals surface area contributed by atoms with E-state index in [0.29, 0.717) is 11.3 Å². The van der Waals surface area contributed by atoms with Crippen molar-refractivity contribution < 1.29 is 23.0 Å². The molecule has 1 fully saturated rings. The Kier molecular flexibility index (Phi) is 6.14. The second kappa shape index (κ2) is 8.37. The average molecular weight is 401 g/mol. The van der Waals surface area contributed by atoms with Crippen molar-refractivity contribution in [3.05, 3.63) is 47.5 Å². The van der Waals surface area contributed by atoms with Crippen LogP contribution in [0.2, 0.25) is 5.02 Å². The van der Waals surface area contributed by atoms with E-state index in [4.69, 9.17) is 11.6 Å². The summed E-state index contributed by atoms with van der Waals surface area (Å²) in [6, 6.07) is 10.6. The normalized spacial score (nSPS) is 18.8. The molecule has 0 spiro atoms. The van der Waals surface area contributed by atoms with Crippen LogP contribution >= 0.6 is 11.6 Å². The topological polar surface area (TPSA) is 53.5 Å². The van der Waals surface area contributed by atoms with Crippen LogP contribution in [0.15, 0.2) is 42.5 Å². The molecule has 0 aliphatic carbocycles. The maximum Gasteiger partial charge on any atom is 0.573 e. The molecule has 0 aromatic heterocycles. The summed E-state index contributed by atoms with van der Waals surface area (Å²) in [6.45, 7) is 0.860. The third kappa shape index (κ3) is 5.28. The summed E-state index contributed by atoms with van der Waals surface area (Å²) < 4.78 is 42.0. The van der Waals surface area contributed by atoms with Crippen LogP contribution in [0.1, 0.15) is 19.3 Å². The summed E-state index contributed by atoms with van der Waals surface area (Å²) in [7, 11) is 0. The van der Waals surface area contributed by atoms with Crippen molar-refractivity contribution in [2.24, 2.45) is 0 Å². The second-order valence-corrected chi connectivity index (χ2v) is 6.79. The number of piperidine rings is 1. The fourth-order valence-electron chi connectivity index (χ4n) is 3.15. The smallest absolute Gasteiger partial charge is 0.405 e. The maximum absolute atomic E-state index is 12.6. The lowest BCUT2D eigenvalue weighted by atomic mass is 10.0. The monoisotopic (exact) mass is 400 g/mol. The quantitative estimate of drug-likeness (QED) is 0.632. The Labute approximate surface area is 160 Å². The fraction of sp³-hybridized carbons (Fsp3) is 0.368. The van der Waals surface area contributed by atoms with Crippen LogP contribution in [-0.2, 0) is 0 Å². The van der Waals surface area contributed by atoms with Gasteiger partial charge in [-0.05, 0) is 37.6 Å². The number of ether oxygens (including phenoxy) is 1. The van der Waals surface area contributed by atoms with Crippen LogP contribution in [0.25, 0.3) is 11.1 Å². The molecule has 1 saturated heterocycles. The molecule has 0 radical (unpaired) electrons. The number of hydrogen-bond acceptors (Lipinski definition) is 4. The van der Waals surface area contributed by atoms with Crippen molar-refractivity contribution >= 4 is 17.3 Å². The van der Waals surface area contributed by atoms with Gasteiger partial charge in [0.25, 0.3) is 0 Å². The first-order valence-corrected chi connectivity index (χ1v) is 9.04. The molecule has 27 heavy (non-hydrogen) atoms. The van der Waals surface area contributed by atoms with E-state index >= 15 is 0 Å². The van der Waals surface area contributed by atoms with Gasteiger partial charge in [0.1, 0.15) is 12.0 Å². The van der Waals surface area contributed by atoms with E-state index in [0.717, 1.165) is 25.8 Å². The molecule has 1 aliphatic heterocycles. The van der Waals surface area contributed by atoms with E-state index < -0.39 is 12.6 Å². The zero-order chi connectivity index (χ0) is 19.4. The van der Waals surface area contributed by atoms with Crippen molar-refractivity contribution in [3.63, 3.8) is 0 Å². The van der Waals surface area contributed by atoms with Gasteiger partial charge < -0.3 is 20.5 Å². The SMILES string of the molecule is OC(Nc1ccc(-c2ccccc2OC(F)(F)F)c(Cl)c1)[C@H]1CCCCN1. The van der Waals surface area contributed by atoms with Gasteiger partial charge in [-0.1, -0.05) is 42.3 Å². The van der Waals surface area contributed by atoms with Crippen molar-refractivity contribution in [1.29, 1.82) is 0 Å². The Morgan fingerprint density at radius 3 is 2.59 bits per heavy atom. The van der Waals surface area contributed by atoms with E-state index in [9.17, 15) is 18.3 Å². The van der Waals surface area contributed by atoms with Crippen LogP contribution < -0.4 is 15.4 Å². The number of halogens is 4. The van der Waals surface area contributed by atoms with E-state index in [2.05, 4.69) is 15.4 Å². The van der Waals surface area contributed by atoms with Gasteiger partial charge in [0.15, 0.2) is 0 Å². The highest BCUT2D eigenvalue weighted by molar-refractivity contribution is 6.33. The zero-order valence-electron chi connectivity index (χ0n) is 14.4. The average Bonchev–Trinajstić information content (AvgIpc) is 2.62. The molecule has 8 heteroatoms. The summed E-state index contributed by atoms with van der Waals surface area (Å²) in [5.74, 6) is -0.320. The lowest BCUT2D eigenvalue weighted by Crippen LogP contribution is -2.46. The number of aliphatic hydroxyl groups is 1. The van der Waals surface area contributed by atoms with Gasteiger partial charge in [-0.25, -0.2) is 0 Å². The summed E-state index contributed by atoms with van der Waals surface area (Å²) >= 11 is 6.30. The van der Waals surface area contributed by atoms with Crippen molar-refractivity contribution in [2.45, 2.75) is 37.9 Å². The minimum atomic E-state index is -4.79. The van der Waals surface area contributed by atoms with Crippen LogP contribution in [-0.4, -0.2) is 30.3 Å². The maximum atomic E-state index is 12.6. The van der Waals surface area contributed by atoms with Gasteiger partial charge >= 0.3 is 6.36 Å². The Morgan fingerprint density at radius 2 is 1.93 bits per heavy atom. The molecular weight excluding hydrogens is 381 g/mol. The standard InChI is InChI=1S/C19H20ClF3N2O2/c20-15-11-12(25-18(26)16-6-3-4-10-24-16)8-9-13(15)14-5-1-2-7-17(14)27-19(21,22)23/h1-2,5,7-9,11,16,18,24-26H,3-4,6,10H2/t16-,18?/m1/s1. The summed E-state index contributed by atoms with van der Waals surface area (Å²) in [6.07, 6.45) is -2.58. The van der Waals surface area contributed by atoms with Gasteiger partial charge in [-0.2, -0.15) is 0 Å². The van der Waals surface area contributed by atoms with Crippen LogP contribution in [0.5, 0.6) is 5.75 Å².